The summed E-state index contributed by atoms with van der Waals surface area (Å²) in [7, 11) is 0. The van der Waals surface area contributed by atoms with Gasteiger partial charge in [0, 0.05) is 0 Å². The molecule has 6 heteroatoms. The Kier molecular flexibility index (Phi) is 6.65. The largest absolute Gasteiger partial charge is 0.486 e. The molecule has 3 rings (SSSR count). The number of furan rings is 1. The van der Waals surface area contributed by atoms with Gasteiger partial charge in [0.1, 0.15) is 18.1 Å². The topological polar surface area (TPSA) is 51.5 Å². The fraction of sp³-hybridized carbons (Fsp3) is 0.227. The number of nitrogens with one attached hydrogen (secondary N) is 1. The lowest BCUT2D eigenvalue weighted by Gasteiger charge is -2.10. The lowest BCUT2D eigenvalue weighted by atomic mass is 9.99. The van der Waals surface area contributed by atoms with Gasteiger partial charge in [-0.15, -0.1) is 0 Å². The number of rotatable bonds is 7. The third kappa shape index (κ3) is 4.89. The van der Waals surface area contributed by atoms with E-state index in [1.165, 1.54) is 5.56 Å². The molecule has 1 atom stereocenters. The summed E-state index contributed by atoms with van der Waals surface area (Å²) >= 11 is 12.1. The van der Waals surface area contributed by atoms with Crippen LogP contribution in [0.25, 0.3) is 0 Å². The van der Waals surface area contributed by atoms with Crippen molar-refractivity contribution in [1.82, 2.24) is 0 Å². The van der Waals surface area contributed by atoms with Crippen LogP contribution in [-0.4, -0.2) is 5.91 Å². The van der Waals surface area contributed by atoms with Crippen molar-refractivity contribution in [2.75, 3.05) is 5.32 Å². The molecule has 0 aliphatic rings. The molecule has 28 heavy (non-hydrogen) atoms. The molecule has 1 heterocycles. The van der Waals surface area contributed by atoms with Crippen LogP contribution in [0.3, 0.4) is 0 Å². The number of ether oxygens (including phenoxy) is 1. The average molecular weight is 418 g/mol. The third-order valence-corrected chi connectivity index (χ3v) is 5.16. The van der Waals surface area contributed by atoms with Gasteiger partial charge in [0.2, 0.25) is 0 Å². The van der Waals surface area contributed by atoms with Crippen LogP contribution in [0.5, 0.6) is 5.75 Å². The molecule has 0 aliphatic heterocycles. The van der Waals surface area contributed by atoms with E-state index in [4.69, 9.17) is 32.4 Å². The number of para-hydroxylation sites is 1. The number of benzene rings is 2. The molecule has 1 unspecified atom stereocenters. The van der Waals surface area contributed by atoms with E-state index in [0.717, 1.165) is 12.2 Å². The Morgan fingerprint density at radius 3 is 2.39 bits per heavy atom. The molecule has 0 radical (unpaired) electrons. The van der Waals surface area contributed by atoms with E-state index in [9.17, 15) is 4.79 Å². The smallest absolute Gasteiger partial charge is 0.291 e. The zero-order valence-corrected chi connectivity index (χ0v) is 17.2. The van der Waals surface area contributed by atoms with Crippen LogP contribution in [0.4, 0.5) is 5.69 Å². The lowest BCUT2D eigenvalue weighted by Crippen LogP contribution is -2.11. The van der Waals surface area contributed by atoms with Crippen molar-refractivity contribution in [2.45, 2.75) is 32.8 Å². The first-order valence-electron chi connectivity index (χ1n) is 9.04. The standard InChI is InChI=1S/C22H21Cl2NO3/c1-3-14(2)15-7-9-16(10-8-15)27-13-17-11-12-20(28-17)22(26)25-21-18(23)5-4-6-19(21)24/h4-12,14H,3,13H2,1-2H3,(H,25,26). The van der Waals surface area contributed by atoms with Crippen molar-refractivity contribution in [3.8, 4) is 5.75 Å². The molecule has 0 saturated heterocycles. The molecule has 0 spiro atoms. The second-order valence-corrected chi connectivity index (χ2v) is 7.30. The highest BCUT2D eigenvalue weighted by molar-refractivity contribution is 6.39. The van der Waals surface area contributed by atoms with Gasteiger partial charge in [-0.3, -0.25) is 4.79 Å². The molecule has 3 aromatic rings. The summed E-state index contributed by atoms with van der Waals surface area (Å²) in [4.78, 5) is 12.4. The summed E-state index contributed by atoms with van der Waals surface area (Å²) in [5, 5.41) is 3.38. The molecule has 0 aliphatic carbocycles. The molecular weight excluding hydrogens is 397 g/mol. The maximum atomic E-state index is 12.4. The van der Waals surface area contributed by atoms with Gasteiger partial charge in [0.15, 0.2) is 5.76 Å². The van der Waals surface area contributed by atoms with Gasteiger partial charge in [-0.2, -0.15) is 0 Å². The summed E-state index contributed by atoms with van der Waals surface area (Å²) in [5.74, 6) is 1.53. The normalized spacial score (nSPS) is 11.9. The average Bonchev–Trinajstić information content (AvgIpc) is 3.18. The van der Waals surface area contributed by atoms with Gasteiger partial charge in [0.05, 0.1) is 15.7 Å². The van der Waals surface area contributed by atoms with Gasteiger partial charge in [-0.25, -0.2) is 0 Å². The van der Waals surface area contributed by atoms with Crippen LogP contribution < -0.4 is 10.1 Å². The van der Waals surface area contributed by atoms with Crippen LogP contribution in [0, 0.1) is 0 Å². The van der Waals surface area contributed by atoms with E-state index >= 15 is 0 Å². The van der Waals surface area contributed by atoms with E-state index in [-0.39, 0.29) is 12.4 Å². The van der Waals surface area contributed by atoms with Crippen LogP contribution in [-0.2, 0) is 6.61 Å². The first-order valence-corrected chi connectivity index (χ1v) is 9.80. The minimum atomic E-state index is -0.431. The highest BCUT2D eigenvalue weighted by Crippen LogP contribution is 2.30. The second-order valence-electron chi connectivity index (χ2n) is 6.48. The molecule has 1 amide bonds. The fourth-order valence-corrected chi connectivity index (χ4v) is 3.14. The van der Waals surface area contributed by atoms with Gasteiger partial charge in [0.25, 0.3) is 5.91 Å². The van der Waals surface area contributed by atoms with Crippen molar-refractivity contribution in [1.29, 1.82) is 0 Å². The number of carbonyl (C=O) groups is 1. The monoisotopic (exact) mass is 417 g/mol. The first-order chi connectivity index (χ1) is 13.5. The van der Waals surface area contributed by atoms with E-state index in [0.29, 0.717) is 27.4 Å². The van der Waals surface area contributed by atoms with Gasteiger partial charge >= 0.3 is 0 Å². The van der Waals surface area contributed by atoms with Gasteiger partial charge in [-0.05, 0) is 54.3 Å². The Morgan fingerprint density at radius 1 is 1.07 bits per heavy atom. The van der Waals surface area contributed by atoms with E-state index in [2.05, 4.69) is 31.3 Å². The van der Waals surface area contributed by atoms with Crippen molar-refractivity contribution < 1.29 is 13.9 Å². The molecule has 0 bridgehead atoms. The second kappa shape index (κ2) is 9.18. The van der Waals surface area contributed by atoms with Crippen LogP contribution in [0.2, 0.25) is 10.0 Å². The Labute approximate surface area is 174 Å². The lowest BCUT2D eigenvalue weighted by molar-refractivity contribution is 0.0992. The van der Waals surface area contributed by atoms with E-state index < -0.39 is 5.91 Å². The Bertz CT molecular complexity index is 930. The van der Waals surface area contributed by atoms with E-state index in [1.54, 1.807) is 30.3 Å². The highest BCUT2D eigenvalue weighted by Gasteiger charge is 2.15. The zero-order valence-electron chi connectivity index (χ0n) is 15.7. The van der Waals surface area contributed by atoms with E-state index in [1.807, 2.05) is 12.1 Å². The van der Waals surface area contributed by atoms with Crippen LogP contribution in [0.1, 0.15) is 48.1 Å². The third-order valence-electron chi connectivity index (χ3n) is 4.53. The van der Waals surface area contributed by atoms with Gasteiger partial charge in [-0.1, -0.05) is 55.2 Å². The maximum absolute atomic E-state index is 12.4. The quantitative estimate of drug-likeness (QED) is 0.453. The highest BCUT2D eigenvalue weighted by atomic mass is 35.5. The molecule has 2 aromatic carbocycles. The number of amides is 1. The predicted octanol–water partition coefficient (Wildman–Crippen LogP) is 6.93. The van der Waals surface area contributed by atoms with Crippen molar-refractivity contribution in [3.63, 3.8) is 0 Å². The summed E-state index contributed by atoms with van der Waals surface area (Å²) in [6.45, 7) is 4.59. The van der Waals surface area contributed by atoms with Crippen LogP contribution in [0.15, 0.2) is 59.0 Å². The number of anilines is 1. The molecule has 0 fully saturated rings. The summed E-state index contributed by atoms with van der Waals surface area (Å²) in [5.41, 5.74) is 1.64. The molecular formula is C22H21Cl2NO3. The molecule has 1 aromatic heterocycles. The zero-order chi connectivity index (χ0) is 20.1. The molecule has 4 nitrogen and oxygen atoms in total. The number of carbonyl (C=O) groups excluding carboxylic acids is 1. The number of halogens is 2. The van der Waals surface area contributed by atoms with Crippen LogP contribution >= 0.6 is 23.2 Å². The van der Waals surface area contributed by atoms with Crippen molar-refractivity contribution in [2.24, 2.45) is 0 Å². The fourth-order valence-electron chi connectivity index (χ4n) is 2.65. The Hall–Kier alpha value is -2.43. The predicted molar refractivity (Wildman–Crippen MR) is 113 cm³/mol. The van der Waals surface area contributed by atoms with Gasteiger partial charge < -0.3 is 14.5 Å². The Morgan fingerprint density at radius 2 is 1.75 bits per heavy atom. The minimum Gasteiger partial charge on any atom is -0.486 e. The molecule has 1 N–H and O–H groups in total. The molecule has 146 valence electrons. The van der Waals surface area contributed by atoms with Crippen molar-refractivity contribution >= 4 is 34.8 Å². The summed E-state index contributed by atoms with van der Waals surface area (Å²) in [6.07, 6.45) is 1.09. The summed E-state index contributed by atoms with van der Waals surface area (Å²) in [6, 6.07) is 16.3. The minimum absolute atomic E-state index is 0.154. The first kappa shape index (κ1) is 20.3. The summed E-state index contributed by atoms with van der Waals surface area (Å²) < 4.78 is 11.3. The maximum Gasteiger partial charge on any atom is 0.291 e. The number of hydrogen-bond acceptors (Lipinski definition) is 3. The Balaban J connectivity index is 1.60. The number of hydrogen-bond donors (Lipinski definition) is 1. The van der Waals surface area contributed by atoms with Crippen molar-refractivity contribution in [3.05, 3.63) is 81.7 Å². The molecule has 0 saturated carbocycles. The SMILES string of the molecule is CCC(C)c1ccc(OCc2ccc(C(=O)Nc3c(Cl)cccc3Cl)o2)cc1.